The number of ether oxygens (including phenoxy) is 2. The number of carboxylic acid groups (broad SMARTS) is 1. The molecular formula is C19H25NO5. The minimum Gasteiger partial charge on any atom is -0.481 e. The van der Waals surface area contributed by atoms with E-state index >= 15 is 0 Å². The number of carboxylic acids is 1. The minimum atomic E-state index is -0.953. The molecule has 1 aromatic rings. The second-order valence-corrected chi connectivity index (χ2v) is 7.10. The van der Waals surface area contributed by atoms with E-state index in [2.05, 4.69) is 6.92 Å². The fraction of sp³-hybridized carbons (Fsp3) is 0.579. The van der Waals surface area contributed by atoms with Crippen molar-refractivity contribution in [2.75, 3.05) is 39.5 Å². The largest absolute Gasteiger partial charge is 0.481 e. The highest BCUT2D eigenvalue weighted by Crippen LogP contribution is 2.41. The molecule has 0 saturated carbocycles. The summed E-state index contributed by atoms with van der Waals surface area (Å²) in [6.45, 7) is 3.94. The number of rotatable bonds is 6. The second kappa shape index (κ2) is 7.54. The molecule has 1 aromatic carbocycles. The van der Waals surface area contributed by atoms with Crippen LogP contribution in [0.15, 0.2) is 30.3 Å². The highest BCUT2D eigenvalue weighted by molar-refractivity contribution is 5.82. The van der Waals surface area contributed by atoms with Crippen LogP contribution in [0.25, 0.3) is 0 Å². The standard InChI is InChI=1S/C19H25NO5/c1-14(15-5-3-2-4-6-15)10-25-11-17(21)20-9-16-7-8-24-13-19(16,12-20)18(22)23/h2-6,14,16H,7-13H2,1H3,(H,22,23)/t14?,16-,19+/m0/s1. The smallest absolute Gasteiger partial charge is 0.314 e. The van der Waals surface area contributed by atoms with Crippen LogP contribution in [0, 0.1) is 11.3 Å². The van der Waals surface area contributed by atoms with Gasteiger partial charge in [-0.2, -0.15) is 0 Å². The van der Waals surface area contributed by atoms with Crippen molar-refractivity contribution >= 4 is 11.9 Å². The van der Waals surface area contributed by atoms with Gasteiger partial charge in [0.1, 0.15) is 12.0 Å². The molecule has 1 N–H and O–H groups in total. The fourth-order valence-electron chi connectivity index (χ4n) is 3.77. The third-order valence-corrected chi connectivity index (χ3v) is 5.41. The summed E-state index contributed by atoms with van der Waals surface area (Å²) in [5.41, 5.74) is 0.217. The molecule has 0 aromatic heterocycles. The van der Waals surface area contributed by atoms with Gasteiger partial charge in [-0.3, -0.25) is 9.59 Å². The van der Waals surface area contributed by atoms with Gasteiger partial charge in [0.25, 0.3) is 0 Å². The van der Waals surface area contributed by atoms with Gasteiger partial charge >= 0.3 is 5.97 Å². The molecule has 3 atom stereocenters. The highest BCUT2D eigenvalue weighted by Gasteiger charge is 2.55. The molecule has 0 aliphatic carbocycles. The molecule has 3 rings (SSSR count). The van der Waals surface area contributed by atoms with Crippen LogP contribution < -0.4 is 0 Å². The maximum absolute atomic E-state index is 12.4. The molecule has 25 heavy (non-hydrogen) atoms. The number of fused-ring (bicyclic) bond motifs is 1. The Morgan fingerprint density at radius 1 is 1.40 bits per heavy atom. The zero-order valence-electron chi connectivity index (χ0n) is 14.5. The SMILES string of the molecule is CC(COCC(=O)N1C[C@@H]2CCOC[C@]2(C(=O)O)C1)c1ccccc1. The molecule has 0 spiro atoms. The Balaban J connectivity index is 1.51. The molecule has 1 unspecified atom stereocenters. The summed E-state index contributed by atoms with van der Waals surface area (Å²) in [5.74, 6) is -0.846. The molecule has 6 heteroatoms. The van der Waals surface area contributed by atoms with Gasteiger partial charge in [0, 0.05) is 25.6 Å². The van der Waals surface area contributed by atoms with Gasteiger partial charge in [-0.15, -0.1) is 0 Å². The lowest BCUT2D eigenvalue weighted by atomic mass is 9.76. The topological polar surface area (TPSA) is 76.1 Å². The van der Waals surface area contributed by atoms with Gasteiger partial charge in [0.2, 0.25) is 5.91 Å². The predicted octanol–water partition coefficient (Wildman–Crippen LogP) is 1.76. The Labute approximate surface area is 147 Å². The predicted molar refractivity (Wildman–Crippen MR) is 91.3 cm³/mol. The van der Waals surface area contributed by atoms with Crippen LogP contribution in [0.4, 0.5) is 0 Å². The van der Waals surface area contributed by atoms with Crippen LogP contribution in [0.1, 0.15) is 24.8 Å². The lowest BCUT2D eigenvalue weighted by molar-refractivity contribution is -0.160. The summed E-state index contributed by atoms with van der Waals surface area (Å²) >= 11 is 0. The number of nitrogens with zero attached hydrogens (tertiary/aromatic N) is 1. The molecule has 2 aliphatic rings. The number of amides is 1. The minimum absolute atomic E-state index is 0.0134. The van der Waals surface area contributed by atoms with Crippen LogP contribution >= 0.6 is 0 Å². The molecule has 136 valence electrons. The van der Waals surface area contributed by atoms with Crippen LogP contribution in [0.2, 0.25) is 0 Å². The van der Waals surface area contributed by atoms with E-state index in [1.165, 1.54) is 5.56 Å². The first kappa shape index (κ1) is 17.9. The first-order valence-electron chi connectivity index (χ1n) is 8.74. The Kier molecular flexibility index (Phi) is 5.39. The third kappa shape index (κ3) is 3.70. The highest BCUT2D eigenvalue weighted by atomic mass is 16.5. The molecule has 6 nitrogen and oxygen atoms in total. The molecule has 2 saturated heterocycles. The summed E-state index contributed by atoms with van der Waals surface area (Å²) in [7, 11) is 0. The molecule has 2 heterocycles. The average molecular weight is 347 g/mol. The average Bonchev–Trinajstić information content (AvgIpc) is 3.03. The quantitative estimate of drug-likeness (QED) is 0.848. The van der Waals surface area contributed by atoms with E-state index in [4.69, 9.17) is 9.47 Å². The van der Waals surface area contributed by atoms with Crippen molar-refractivity contribution in [3.8, 4) is 0 Å². The Bertz CT molecular complexity index is 620. The van der Waals surface area contributed by atoms with Gasteiger partial charge in [0.15, 0.2) is 0 Å². The molecule has 2 aliphatic heterocycles. The Hall–Kier alpha value is -1.92. The zero-order valence-corrected chi connectivity index (χ0v) is 14.5. The fourth-order valence-corrected chi connectivity index (χ4v) is 3.77. The van der Waals surface area contributed by atoms with Gasteiger partial charge < -0.3 is 19.5 Å². The first-order chi connectivity index (χ1) is 12.0. The number of carbonyl (C=O) groups is 2. The maximum atomic E-state index is 12.4. The molecular weight excluding hydrogens is 322 g/mol. The first-order valence-corrected chi connectivity index (χ1v) is 8.74. The van der Waals surface area contributed by atoms with Crippen molar-refractivity contribution in [2.45, 2.75) is 19.3 Å². The number of hydrogen-bond donors (Lipinski definition) is 1. The zero-order chi connectivity index (χ0) is 17.9. The van der Waals surface area contributed by atoms with E-state index < -0.39 is 11.4 Å². The Morgan fingerprint density at radius 3 is 2.84 bits per heavy atom. The van der Waals surface area contributed by atoms with E-state index in [9.17, 15) is 14.7 Å². The maximum Gasteiger partial charge on any atom is 0.314 e. The number of hydrogen-bond acceptors (Lipinski definition) is 4. The summed E-state index contributed by atoms with van der Waals surface area (Å²) in [5, 5.41) is 9.62. The van der Waals surface area contributed by atoms with Crippen LogP contribution in [0.3, 0.4) is 0 Å². The molecule has 1 amide bonds. The lowest BCUT2D eigenvalue weighted by Gasteiger charge is -2.33. The van der Waals surface area contributed by atoms with Crippen LogP contribution in [-0.4, -0.2) is 61.4 Å². The number of benzene rings is 1. The van der Waals surface area contributed by atoms with Crippen molar-refractivity contribution in [1.29, 1.82) is 0 Å². The monoisotopic (exact) mass is 347 g/mol. The van der Waals surface area contributed by atoms with Gasteiger partial charge in [-0.25, -0.2) is 0 Å². The summed E-state index contributed by atoms with van der Waals surface area (Å²) < 4.78 is 11.0. The number of aliphatic carboxylic acids is 1. The van der Waals surface area contributed by atoms with Gasteiger partial charge in [-0.1, -0.05) is 37.3 Å². The lowest BCUT2D eigenvalue weighted by Crippen LogP contribution is -2.46. The van der Waals surface area contributed by atoms with Crippen molar-refractivity contribution in [3.63, 3.8) is 0 Å². The van der Waals surface area contributed by atoms with Crippen molar-refractivity contribution in [3.05, 3.63) is 35.9 Å². The van der Waals surface area contributed by atoms with Crippen LogP contribution in [0.5, 0.6) is 0 Å². The summed E-state index contributed by atoms with van der Waals surface area (Å²) in [6, 6.07) is 10.0. The normalized spacial score (nSPS) is 26.9. The van der Waals surface area contributed by atoms with E-state index in [-0.39, 0.29) is 37.5 Å². The van der Waals surface area contributed by atoms with E-state index in [1.807, 2.05) is 30.3 Å². The van der Waals surface area contributed by atoms with Crippen LogP contribution in [-0.2, 0) is 19.1 Å². The number of carbonyl (C=O) groups excluding carboxylic acids is 1. The number of likely N-dealkylation sites (tertiary alicyclic amines) is 1. The summed E-state index contributed by atoms with van der Waals surface area (Å²) in [4.78, 5) is 25.8. The van der Waals surface area contributed by atoms with E-state index in [1.54, 1.807) is 4.90 Å². The molecule has 0 radical (unpaired) electrons. The van der Waals surface area contributed by atoms with Gasteiger partial charge in [0.05, 0.1) is 13.2 Å². The van der Waals surface area contributed by atoms with E-state index in [0.29, 0.717) is 26.2 Å². The van der Waals surface area contributed by atoms with E-state index in [0.717, 1.165) is 0 Å². The van der Waals surface area contributed by atoms with Crippen molar-refractivity contribution < 1.29 is 24.2 Å². The van der Waals surface area contributed by atoms with Crippen molar-refractivity contribution in [2.24, 2.45) is 11.3 Å². The molecule has 2 fully saturated rings. The Morgan fingerprint density at radius 2 is 2.16 bits per heavy atom. The molecule has 0 bridgehead atoms. The van der Waals surface area contributed by atoms with Crippen molar-refractivity contribution in [1.82, 2.24) is 4.90 Å². The summed E-state index contributed by atoms with van der Waals surface area (Å²) in [6.07, 6.45) is 0.683. The third-order valence-electron chi connectivity index (χ3n) is 5.41. The second-order valence-electron chi connectivity index (χ2n) is 7.10. The van der Waals surface area contributed by atoms with Gasteiger partial charge in [-0.05, 0) is 17.9 Å².